The van der Waals surface area contributed by atoms with Crippen LogP contribution in [0.2, 0.25) is 0 Å². The Kier molecular flexibility index (Phi) is 6.48. The summed E-state index contributed by atoms with van der Waals surface area (Å²) in [6.45, 7) is 8.17. The molecule has 24 heavy (non-hydrogen) atoms. The highest BCUT2D eigenvalue weighted by Crippen LogP contribution is 2.14. The molecule has 0 aliphatic rings. The quantitative estimate of drug-likeness (QED) is 0.717. The van der Waals surface area contributed by atoms with Crippen molar-refractivity contribution in [3.8, 4) is 0 Å². The highest BCUT2D eigenvalue weighted by molar-refractivity contribution is 7.71. The van der Waals surface area contributed by atoms with Gasteiger partial charge in [0.15, 0.2) is 4.77 Å². The summed E-state index contributed by atoms with van der Waals surface area (Å²) in [5.74, 6) is 1.55. The molecule has 130 valence electrons. The summed E-state index contributed by atoms with van der Waals surface area (Å²) >= 11 is 5.19. The third-order valence-corrected chi connectivity index (χ3v) is 4.04. The van der Waals surface area contributed by atoms with Crippen LogP contribution in [0.5, 0.6) is 0 Å². The van der Waals surface area contributed by atoms with Gasteiger partial charge in [-0.25, -0.2) is 4.98 Å². The monoisotopic (exact) mass is 348 g/mol. The highest BCUT2D eigenvalue weighted by atomic mass is 32.1. The molecule has 2 aromatic rings. The number of amides is 1. The molecule has 8 heteroatoms. The van der Waals surface area contributed by atoms with Crippen molar-refractivity contribution in [2.75, 3.05) is 23.3 Å². The van der Waals surface area contributed by atoms with E-state index in [2.05, 4.69) is 46.2 Å². The number of carbonyl (C=O) groups excluding carboxylic acids is 1. The number of anilines is 2. The number of aromatic nitrogens is 4. The molecule has 0 radical (unpaired) electrons. The van der Waals surface area contributed by atoms with E-state index < -0.39 is 0 Å². The first-order valence-corrected chi connectivity index (χ1v) is 8.64. The van der Waals surface area contributed by atoms with Crippen molar-refractivity contribution >= 4 is 29.6 Å². The van der Waals surface area contributed by atoms with Gasteiger partial charge < -0.3 is 10.2 Å². The molecule has 7 nitrogen and oxygen atoms in total. The maximum Gasteiger partial charge on any atom is 0.244 e. The molecule has 0 unspecified atom stereocenters. The van der Waals surface area contributed by atoms with Crippen LogP contribution in [0, 0.1) is 4.77 Å². The fourth-order valence-corrected chi connectivity index (χ4v) is 2.68. The SMILES string of the molecule is CCCc1n[nH]c(=S)n1CC(=O)Nc1ccc(N(CC)CC)nc1. The minimum Gasteiger partial charge on any atom is -0.357 e. The van der Waals surface area contributed by atoms with Gasteiger partial charge in [-0.1, -0.05) is 6.92 Å². The van der Waals surface area contributed by atoms with Crippen LogP contribution >= 0.6 is 12.2 Å². The lowest BCUT2D eigenvalue weighted by Crippen LogP contribution is -2.23. The van der Waals surface area contributed by atoms with E-state index in [4.69, 9.17) is 12.2 Å². The molecule has 2 aromatic heterocycles. The molecule has 0 atom stereocenters. The third-order valence-electron chi connectivity index (χ3n) is 3.73. The Balaban J connectivity index is 2.02. The van der Waals surface area contributed by atoms with E-state index in [0.717, 1.165) is 37.6 Å². The number of carbonyl (C=O) groups is 1. The van der Waals surface area contributed by atoms with Crippen LogP contribution in [0.15, 0.2) is 18.3 Å². The van der Waals surface area contributed by atoms with E-state index in [1.807, 2.05) is 12.1 Å². The Morgan fingerprint density at radius 2 is 2.08 bits per heavy atom. The van der Waals surface area contributed by atoms with Crippen molar-refractivity contribution in [3.63, 3.8) is 0 Å². The fraction of sp³-hybridized carbons (Fsp3) is 0.500. The standard InChI is InChI=1S/C16H24N6OS/c1-4-7-14-19-20-16(24)22(14)11-15(23)18-12-8-9-13(17-10-12)21(5-2)6-3/h8-10H,4-7,11H2,1-3H3,(H,18,23)(H,20,24). The van der Waals surface area contributed by atoms with Crippen LogP contribution in [-0.2, 0) is 17.8 Å². The van der Waals surface area contributed by atoms with Crippen LogP contribution in [-0.4, -0.2) is 38.7 Å². The minimum absolute atomic E-state index is 0.141. The van der Waals surface area contributed by atoms with Crippen molar-refractivity contribution in [3.05, 3.63) is 28.9 Å². The Labute approximate surface area is 147 Å². The van der Waals surface area contributed by atoms with E-state index in [-0.39, 0.29) is 12.5 Å². The first kappa shape index (κ1) is 18.1. The Morgan fingerprint density at radius 1 is 1.33 bits per heavy atom. The molecule has 2 rings (SSSR count). The summed E-state index contributed by atoms with van der Waals surface area (Å²) in [7, 11) is 0. The Morgan fingerprint density at radius 3 is 2.67 bits per heavy atom. The average Bonchev–Trinajstić information content (AvgIpc) is 2.91. The molecule has 0 aliphatic heterocycles. The van der Waals surface area contributed by atoms with Crippen molar-refractivity contribution in [1.82, 2.24) is 19.7 Å². The maximum absolute atomic E-state index is 12.3. The highest BCUT2D eigenvalue weighted by Gasteiger charge is 2.11. The molecule has 0 saturated carbocycles. The number of aryl methyl sites for hydroxylation is 1. The van der Waals surface area contributed by atoms with Gasteiger partial charge in [0.2, 0.25) is 5.91 Å². The molecular weight excluding hydrogens is 324 g/mol. The molecule has 0 aliphatic carbocycles. The van der Waals surface area contributed by atoms with E-state index >= 15 is 0 Å². The number of hydrogen-bond donors (Lipinski definition) is 2. The predicted octanol–water partition coefficient (Wildman–Crippen LogP) is 2.77. The van der Waals surface area contributed by atoms with E-state index in [9.17, 15) is 4.79 Å². The Hall–Kier alpha value is -2.22. The van der Waals surface area contributed by atoms with Crippen LogP contribution < -0.4 is 10.2 Å². The first-order valence-electron chi connectivity index (χ1n) is 8.23. The second-order valence-electron chi connectivity index (χ2n) is 5.41. The first-order chi connectivity index (χ1) is 11.6. The third kappa shape index (κ3) is 4.41. The lowest BCUT2D eigenvalue weighted by Gasteiger charge is -2.19. The van der Waals surface area contributed by atoms with Crippen LogP contribution in [0.25, 0.3) is 0 Å². The van der Waals surface area contributed by atoms with Crippen molar-refractivity contribution in [2.24, 2.45) is 0 Å². The molecule has 0 saturated heterocycles. The normalized spacial score (nSPS) is 10.6. The largest absolute Gasteiger partial charge is 0.357 e. The fourth-order valence-electron chi connectivity index (χ4n) is 2.47. The van der Waals surface area contributed by atoms with Gasteiger partial charge in [0.1, 0.15) is 18.2 Å². The van der Waals surface area contributed by atoms with Crippen molar-refractivity contribution < 1.29 is 4.79 Å². The molecule has 0 bridgehead atoms. The van der Waals surface area contributed by atoms with Crippen molar-refractivity contribution in [2.45, 2.75) is 40.2 Å². The number of aromatic amines is 1. The summed E-state index contributed by atoms with van der Waals surface area (Å²) in [5.41, 5.74) is 0.669. The molecule has 0 aromatic carbocycles. The van der Waals surface area contributed by atoms with Gasteiger partial charge >= 0.3 is 0 Å². The van der Waals surface area contributed by atoms with Gasteiger partial charge in [-0.2, -0.15) is 5.10 Å². The van der Waals surface area contributed by atoms with E-state index in [1.54, 1.807) is 10.8 Å². The number of pyridine rings is 1. The smallest absolute Gasteiger partial charge is 0.244 e. The van der Waals surface area contributed by atoms with Crippen LogP contribution in [0.3, 0.4) is 0 Å². The number of hydrogen-bond acceptors (Lipinski definition) is 5. The van der Waals surface area contributed by atoms with Gasteiger partial charge in [-0.15, -0.1) is 0 Å². The topological polar surface area (TPSA) is 78.8 Å². The molecular formula is C16H24N6OS. The molecule has 2 heterocycles. The number of H-pyrrole nitrogens is 1. The second-order valence-corrected chi connectivity index (χ2v) is 5.79. The Bertz CT molecular complexity index is 717. The average molecular weight is 348 g/mol. The van der Waals surface area contributed by atoms with Crippen LogP contribution in [0.4, 0.5) is 11.5 Å². The zero-order valence-corrected chi connectivity index (χ0v) is 15.2. The number of nitrogens with one attached hydrogen (secondary N) is 2. The van der Waals surface area contributed by atoms with Gasteiger partial charge in [-0.05, 0) is 44.6 Å². The molecule has 0 fully saturated rings. The van der Waals surface area contributed by atoms with E-state index in [0.29, 0.717) is 10.5 Å². The number of nitrogens with zero attached hydrogens (tertiary/aromatic N) is 4. The minimum atomic E-state index is -0.151. The maximum atomic E-state index is 12.3. The second kappa shape index (κ2) is 8.58. The molecule has 2 N–H and O–H groups in total. The van der Waals surface area contributed by atoms with Gasteiger partial charge in [-0.3, -0.25) is 14.5 Å². The van der Waals surface area contributed by atoms with Gasteiger partial charge in [0.05, 0.1) is 11.9 Å². The molecule has 1 amide bonds. The lowest BCUT2D eigenvalue weighted by molar-refractivity contribution is -0.116. The summed E-state index contributed by atoms with van der Waals surface area (Å²) in [6.07, 6.45) is 3.39. The van der Waals surface area contributed by atoms with Gasteiger partial charge in [0, 0.05) is 19.5 Å². The predicted molar refractivity (Wildman–Crippen MR) is 97.8 cm³/mol. The zero-order valence-electron chi connectivity index (χ0n) is 14.4. The van der Waals surface area contributed by atoms with Crippen LogP contribution in [0.1, 0.15) is 33.0 Å². The number of rotatable bonds is 8. The van der Waals surface area contributed by atoms with Gasteiger partial charge in [0.25, 0.3) is 0 Å². The van der Waals surface area contributed by atoms with E-state index in [1.165, 1.54) is 0 Å². The summed E-state index contributed by atoms with van der Waals surface area (Å²) < 4.78 is 2.19. The summed E-state index contributed by atoms with van der Waals surface area (Å²) in [5, 5.41) is 9.76. The zero-order chi connectivity index (χ0) is 17.5. The summed E-state index contributed by atoms with van der Waals surface area (Å²) in [4.78, 5) is 18.8. The molecule has 0 spiro atoms. The summed E-state index contributed by atoms with van der Waals surface area (Å²) in [6, 6.07) is 3.77. The van der Waals surface area contributed by atoms with Crippen molar-refractivity contribution in [1.29, 1.82) is 0 Å². The lowest BCUT2D eigenvalue weighted by atomic mass is 10.3.